The Morgan fingerprint density at radius 3 is 2.50 bits per heavy atom. The third-order valence-electron chi connectivity index (χ3n) is 2.71. The van der Waals surface area contributed by atoms with Crippen molar-refractivity contribution in [3.63, 3.8) is 0 Å². The highest BCUT2D eigenvalue weighted by Crippen LogP contribution is 2.25. The largest absolute Gasteiger partial charge is 0.316 e. The van der Waals surface area contributed by atoms with Gasteiger partial charge in [-0.2, -0.15) is 0 Å². The van der Waals surface area contributed by atoms with Crippen LogP contribution in [0.1, 0.15) is 27.2 Å². The van der Waals surface area contributed by atoms with Gasteiger partial charge in [0.1, 0.15) is 0 Å². The molecule has 0 radical (unpaired) electrons. The SMILES string of the molecule is CC(C)[C@@H]1CCNCC1C. The summed E-state index contributed by atoms with van der Waals surface area (Å²) in [4.78, 5) is 0. The van der Waals surface area contributed by atoms with E-state index in [1.54, 1.807) is 0 Å². The van der Waals surface area contributed by atoms with Crippen molar-refractivity contribution in [3.05, 3.63) is 0 Å². The first kappa shape index (κ1) is 8.06. The first-order chi connectivity index (χ1) is 4.72. The third kappa shape index (κ3) is 1.72. The lowest BCUT2D eigenvalue weighted by Crippen LogP contribution is -2.37. The van der Waals surface area contributed by atoms with Crippen LogP contribution in [0.15, 0.2) is 0 Å². The molecule has 1 saturated heterocycles. The highest BCUT2D eigenvalue weighted by Gasteiger charge is 2.23. The smallest absolute Gasteiger partial charge is 0.00204 e. The molecule has 0 aromatic heterocycles. The molecule has 10 heavy (non-hydrogen) atoms. The lowest BCUT2D eigenvalue weighted by molar-refractivity contribution is 0.210. The molecule has 1 heterocycles. The Morgan fingerprint density at radius 1 is 1.40 bits per heavy atom. The third-order valence-corrected chi connectivity index (χ3v) is 2.71. The summed E-state index contributed by atoms with van der Waals surface area (Å²) in [5.41, 5.74) is 0. The Morgan fingerprint density at radius 2 is 2.10 bits per heavy atom. The zero-order valence-corrected chi connectivity index (χ0v) is 7.35. The fourth-order valence-corrected chi connectivity index (χ4v) is 2.02. The summed E-state index contributed by atoms with van der Waals surface area (Å²) in [6.45, 7) is 9.49. The van der Waals surface area contributed by atoms with E-state index in [1.165, 1.54) is 19.5 Å². The summed E-state index contributed by atoms with van der Waals surface area (Å²) in [7, 11) is 0. The molecular weight excluding hydrogens is 122 g/mol. The number of piperidine rings is 1. The molecular formula is C9H19N. The quantitative estimate of drug-likeness (QED) is 0.588. The molecule has 1 fully saturated rings. The molecule has 1 unspecified atom stereocenters. The summed E-state index contributed by atoms with van der Waals surface area (Å²) >= 11 is 0. The molecule has 0 aromatic carbocycles. The van der Waals surface area contributed by atoms with Gasteiger partial charge in [-0.1, -0.05) is 20.8 Å². The molecule has 60 valence electrons. The van der Waals surface area contributed by atoms with Crippen LogP contribution in [0.25, 0.3) is 0 Å². The zero-order chi connectivity index (χ0) is 7.56. The van der Waals surface area contributed by atoms with Crippen LogP contribution >= 0.6 is 0 Å². The molecule has 0 bridgehead atoms. The van der Waals surface area contributed by atoms with Crippen molar-refractivity contribution in [3.8, 4) is 0 Å². The minimum Gasteiger partial charge on any atom is -0.316 e. The van der Waals surface area contributed by atoms with Crippen molar-refractivity contribution in [1.82, 2.24) is 5.32 Å². The van der Waals surface area contributed by atoms with E-state index in [9.17, 15) is 0 Å². The minimum atomic E-state index is 0.872. The molecule has 0 spiro atoms. The molecule has 2 atom stereocenters. The number of hydrogen-bond acceptors (Lipinski definition) is 1. The van der Waals surface area contributed by atoms with Gasteiger partial charge in [-0.15, -0.1) is 0 Å². The van der Waals surface area contributed by atoms with Crippen molar-refractivity contribution in [2.75, 3.05) is 13.1 Å². The van der Waals surface area contributed by atoms with E-state index in [0.717, 1.165) is 17.8 Å². The van der Waals surface area contributed by atoms with Crippen molar-refractivity contribution >= 4 is 0 Å². The fraction of sp³-hybridized carbons (Fsp3) is 1.00. The van der Waals surface area contributed by atoms with E-state index < -0.39 is 0 Å². The average molecular weight is 141 g/mol. The zero-order valence-electron chi connectivity index (χ0n) is 7.35. The standard InChI is InChI=1S/C9H19N/c1-7(2)9-4-5-10-6-8(9)3/h7-10H,4-6H2,1-3H3/t8?,9-/m0/s1. The maximum Gasteiger partial charge on any atom is -0.00204 e. The molecule has 0 amide bonds. The first-order valence-electron chi connectivity index (χ1n) is 4.42. The van der Waals surface area contributed by atoms with Crippen LogP contribution in [0, 0.1) is 17.8 Å². The molecule has 1 aliphatic heterocycles. The van der Waals surface area contributed by atoms with Gasteiger partial charge in [0.15, 0.2) is 0 Å². The van der Waals surface area contributed by atoms with Crippen molar-refractivity contribution in [2.45, 2.75) is 27.2 Å². The van der Waals surface area contributed by atoms with Crippen LogP contribution in [0.5, 0.6) is 0 Å². The Bertz CT molecular complexity index is 98.9. The molecule has 0 aromatic rings. The van der Waals surface area contributed by atoms with Gasteiger partial charge in [0.05, 0.1) is 0 Å². The lowest BCUT2D eigenvalue weighted by atomic mass is 9.80. The molecule has 0 aliphatic carbocycles. The minimum absolute atomic E-state index is 0.872. The van der Waals surface area contributed by atoms with Crippen LogP contribution < -0.4 is 5.32 Å². The highest BCUT2D eigenvalue weighted by atomic mass is 14.9. The van der Waals surface area contributed by atoms with Crippen molar-refractivity contribution in [1.29, 1.82) is 0 Å². The van der Waals surface area contributed by atoms with Gasteiger partial charge < -0.3 is 5.32 Å². The number of rotatable bonds is 1. The van der Waals surface area contributed by atoms with Crippen molar-refractivity contribution in [2.24, 2.45) is 17.8 Å². The van der Waals surface area contributed by atoms with Crippen LogP contribution in [0.4, 0.5) is 0 Å². The maximum absolute atomic E-state index is 3.42. The lowest BCUT2D eigenvalue weighted by Gasteiger charge is -2.32. The Kier molecular flexibility index (Phi) is 2.72. The average Bonchev–Trinajstić information content (AvgIpc) is 1.88. The second-order valence-corrected chi connectivity index (χ2v) is 3.88. The van der Waals surface area contributed by atoms with E-state index in [2.05, 4.69) is 26.1 Å². The predicted molar refractivity (Wildman–Crippen MR) is 45.0 cm³/mol. The summed E-state index contributed by atoms with van der Waals surface area (Å²) in [5.74, 6) is 2.71. The van der Waals surface area contributed by atoms with Gasteiger partial charge in [0.2, 0.25) is 0 Å². The van der Waals surface area contributed by atoms with Gasteiger partial charge in [-0.25, -0.2) is 0 Å². The topological polar surface area (TPSA) is 12.0 Å². The molecule has 1 nitrogen and oxygen atoms in total. The molecule has 1 N–H and O–H groups in total. The van der Waals surface area contributed by atoms with Crippen molar-refractivity contribution < 1.29 is 0 Å². The Balaban J connectivity index is 2.40. The van der Waals surface area contributed by atoms with Crippen LogP contribution in [-0.4, -0.2) is 13.1 Å². The first-order valence-corrected chi connectivity index (χ1v) is 4.42. The maximum atomic E-state index is 3.42. The van der Waals surface area contributed by atoms with Gasteiger partial charge in [0, 0.05) is 0 Å². The van der Waals surface area contributed by atoms with Gasteiger partial charge >= 0.3 is 0 Å². The van der Waals surface area contributed by atoms with Gasteiger partial charge in [0.25, 0.3) is 0 Å². The monoisotopic (exact) mass is 141 g/mol. The second kappa shape index (κ2) is 3.38. The van der Waals surface area contributed by atoms with Gasteiger partial charge in [-0.3, -0.25) is 0 Å². The Labute approximate surface area is 64.2 Å². The molecule has 1 heteroatoms. The molecule has 1 aliphatic rings. The summed E-state index contributed by atoms with van der Waals surface area (Å²) in [5, 5.41) is 3.42. The molecule has 0 saturated carbocycles. The fourth-order valence-electron chi connectivity index (χ4n) is 2.02. The van der Waals surface area contributed by atoms with E-state index in [1.807, 2.05) is 0 Å². The summed E-state index contributed by atoms with van der Waals surface area (Å²) in [6.07, 6.45) is 1.37. The summed E-state index contributed by atoms with van der Waals surface area (Å²) in [6, 6.07) is 0. The van der Waals surface area contributed by atoms with E-state index in [-0.39, 0.29) is 0 Å². The normalized spacial score (nSPS) is 34.8. The second-order valence-electron chi connectivity index (χ2n) is 3.88. The highest BCUT2D eigenvalue weighted by molar-refractivity contribution is 4.76. The predicted octanol–water partition coefficient (Wildman–Crippen LogP) is 1.89. The van der Waals surface area contributed by atoms with E-state index in [0.29, 0.717) is 0 Å². The van der Waals surface area contributed by atoms with Crippen LogP contribution in [-0.2, 0) is 0 Å². The number of nitrogens with one attached hydrogen (secondary N) is 1. The number of hydrogen-bond donors (Lipinski definition) is 1. The van der Waals surface area contributed by atoms with Crippen LogP contribution in [0.2, 0.25) is 0 Å². The van der Waals surface area contributed by atoms with Gasteiger partial charge in [-0.05, 0) is 37.3 Å². The van der Waals surface area contributed by atoms with E-state index >= 15 is 0 Å². The molecule has 1 rings (SSSR count). The van der Waals surface area contributed by atoms with E-state index in [4.69, 9.17) is 0 Å². The summed E-state index contributed by atoms with van der Waals surface area (Å²) < 4.78 is 0. The van der Waals surface area contributed by atoms with Crippen LogP contribution in [0.3, 0.4) is 0 Å². The Hall–Kier alpha value is -0.0400.